The average molecular weight is 358 g/mol. The van der Waals surface area contributed by atoms with Gasteiger partial charge < -0.3 is 15.3 Å². The standard InChI is InChI=1S/C20H26N2O4/c1-4-20(5-2,19(25)26)13-21-18(24)12-17-16-9-7-6-8-15(16)10-11-22(17)14(3)23/h6-11,17H,4-5,12-13H2,1-3H3,(H,21,24)(H,25,26). The number of rotatable bonds is 7. The molecule has 26 heavy (non-hydrogen) atoms. The van der Waals surface area contributed by atoms with Crippen molar-refractivity contribution in [1.29, 1.82) is 0 Å². The fraction of sp³-hybridized carbons (Fsp3) is 0.450. The summed E-state index contributed by atoms with van der Waals surface area (Å²) in [4.78, 5) is 37.6. The molecular weight excluding hydrogens is 332 g/mol. The number of hydrogen-bond acceptors (Lipinski definition) is 3. The van der Waals surface area contributed by atoms with Crippen molar-refractivity contribution in [3.05, 3.63) is 41.6 Å². The van der Waals surface area contributed by atoms with E-state index in [4.69, 9.17) is 0 Å². The molecule has 1 unspecified atom stereocenters. The zero-order chi connectivity index (χ0) is 19.3. The smallest absolute Gasteiger partial charge is 0.311 e. The second-order valence-corrected chi connectivity index (χ2v) is 6.66. The Labute approximate surface area is 153 Å². The summed E-state index contributed by atoms with van der Waals surface area (Å²) in [5, 5.41) is 12.3. The van der Waals surface area contributed by atoms with Crippen LogP contribution in [0.5, 0.6) is 0 Å². The lowest BCUT2D eigenvalue weighted by Gasteiger charge is -2.33. The van der Waals surface area contributed by atoms with Crippen LogP contribution in [0.3, 0.4) is 0 Å². The monoisotopic (exact) mass is 358 g/mol. The third-order valence-electron chi connectivity index (χ3n) is 5.28. The van der Waals surface area contributed by atoms with Crippen molar-refractivity contribution in [3.63, 3.8) is 0 Å². The van der Waals surface area contributed by atoms with Crippen molar-refractivity contribution >= 4 is 23.9 Å². The van der Waals surface area contributed by atoms with Gasteiger partial charge in [0.1, 0.15) is 0 Å². The molecule has 1 aliphatic rings. The molecule has 0 bridgehead atoms. The molecule has 0 spiro atoms. The van der Waals surface area contributed by atoms with Crippen molar-refractivity contribution in [2.75, 3.05) is 6.54 Å². The molecule has 0 saturated carbocycles. The molecule has 1 aromatic rings. The minimum Gasteiger partial charge on any atom is -0.481 e. The van der Waals surface area contributed by atoms with Crippen LogP contribution in [0, 0.1) is 5.41 Å². The van der Waals surface area contributed by atoms with Gasteiger partial charge in [0.2, 0.25) is 11.8 Å². The first kappa shape index (κ1) is 19.7. The highest BCUT2D eigenvalue weighted by Gasteiger charge is 2.36. The summed E-state index contributed by atoms with van der Waals surface area (Å²) in [5.74, 6) is -1.31. The molecule has 0 aliphatic carbocycles. The summed E-state index contributed by atoms with van der Waals surface area (Å²) >= 11 is 0. The molecule has 2 amide bonds. The number of benzene rings is 1. The maximum atomic E-state index is 12.5. The molecule has 1 atom stereocenters. The Bertz CT molecular complexity index is 722. The summed E-state index contributed by atoms with van der Waals surface area (Å²) < 4.78 is 0. The lowest BCUT2D eigenvalue weighted by Crippen LogP contribution is -2.43. The summed E-state index contributed by atoms with van der Waals surface area (Å²) in [5.41, 5.74) is 0.931. The number of carbonyl (C=O) groups excluding carboxylic acids is 2. The summed E-state index contributed by atoms with van der Waals surface area (Å²) in [6.07, 6.45) is 4.52. The van der Waals surface area contributed by atoms with Crippen molar-refractivity contribution in [2.24, 2.45) is 5.41 Å². The fourth-order valence-electron chi connectivity index (χ4n) is 3.31. The number of nitrogens with zero attached hydrogens (tertiary/aromatic N) is 1. The van der Waals surface area contributed by atoms with E-state index in [-0.39, 0.29) is 24.8 Å². The molecule has 0 aromatic heterocycles. The first-order valence-corrected chi connectivity index (χ1v) is 8.90. The SMILES string of the molecule is CCC(CC)(CNC(=O)CC1c2ccccc2C=CN1C(C)=O)C(=O)O. The van der Waals surface area contributed by atoms with Crippen LogP contribution >= 0.6 is 0 Å². The Morgan fingerprint density at radius 1 is 1.19 bits per heavy atom. The molecule has 2 N–H and O–H groups in total. The third kappa shape index (κ3) is 3.95. The van der Waals surface area contributed by atoms with Crippen LogP contribution in [0.4, 0.5) is 0 Å². The molecule has 6 heteroatoms. The van der Waals surface area contributed by atoms with E-state index in [9.17, 15) is 19.5 Å². The number of carboxylic acid groups (broad SMARTS) is 1. The number of aliphatic carboxylic acids is 1. The molecule has 6 nitrogen and oxygen atoms in total. The predicted molar refractivity (Wildman–Crippen MR) is 99.0 cm³/mol. The number of hydrogen-bond donors (Lipinski definition) is 2. The number of nitrogens with one attached hydrogen (secondary N) is 1. The van der Waals surface area contributed by atoms with Crippen molar-refractivity contribution in [3.8, 4) is 0 Å². The minimum absolute atomic E-state index is 0.0818. The molecular formula is C20H26N2O4. The predicted octanol–water partition coefficient (Wildman–Crippen LogP) is 2.96. The molecule has 0 radical (unpaired) electrons. The maximum absolute atomic E-state index is 12.5. The van der Waals surface area contributed by atoms with Crippen molar-refractivity contribution < 1.29 is 19.5 Å². The number of fused-ring (bicyclic) bond motifs is 1. The summed E-state index contributed by atoms with van der Waals surface area (Å²) in [6, 6.07) is 7.25. The van der Waals surface area contributed by atoms with Crippen LogP contribution in [0.25, 0.3) is 6.08 Å². The van der Waals surface area contributed by atoms with Gasteiger partial charge in [-0.25, -0.2) is 0 Å². The third-order valence-corrected chi connectivity index (χ3v) is 5.28. The molecule has 1 aliphatic heterocycles. The second-order valence-electron chi connectivity index (χ2n) is 6.66. The average Bonchev–Trinajstić information content (AvgIpc) is 2.62. The fourth-order valence-corrected chi connectivity index (χ4v) is 3.31. The zero-order valence-corrected chi connectivity index (χ0v) is 15.5. The van der Waals surface area contributed by atoms with Crippen LogP contribution in [-0.4, -0.2) is 34.3 Å². The lowest BCUT2D eigenvalue weighted by atomic mass is 9.82. The Morgan fingerprint density at radius 3 is 2.42 bits per heavy atom. The van der Waals surface area contributed by atoms with Crippen molar-refractivity contribution in [1.82, 2.24) is 10.2 Å². The Morgan fingerprint density at radius 2 is 1.85 bits per heavy atom. The molecule has 1 heterocycles. The Balaban J connectivity index is 2.14. The van der Waals surface area contributed by atoms with E-state index in [1.807, 2.05) is 44.2 Å². The molecule has 0 fully saturated rings. The maximum Gasteiger partial charge on any atom is 0.311 e. The summed E-state index contributed by atoms with van der Waals surface area (Å²) in [7, 11) is 0. The summed E-state index contributed by atoms with van der Waals surface area (Å²) in [6.45, 7) is 5.16. The number of amides is 2. The first-order chi connectivity index (χ1) is 12.3. The normalized spacial score (nSPS) is 16.1. The Kier molecular flexibility index (Phi) is 6.18. The van der Waals surface area contributed by atoms with Gasteiger partial charge in [-0.05, 0) is 30.0 Å². The van der Waals surface area contributed by atoms with Gasteiger partial charge in [0.15, 0.2) is 0 Å². The van der Waals surface area contributed by atoms with Crippen LogP contribution < -0.4 is 5.32 Å². The van der Waals surface area contributed by atoms with Gasteiger partial charge in [-0.1, -0.05) is 38.1 Å². The van der Waals surface area contributed by atoms with Crippen LogP contribution in [0.1, 0.15) is 57.2 Å². The highest BCUT2D eigenvalue weighted by atomic mass is 16.4. The van der Waals surface area contributed by atoms with Gasteiger partial charge in [-0.3, -0.25) is 14.4 Å². The molecule has 140 valence electrons. The number of carbonyl (C=O) groups is 3. The van der Waals surface area contributed by atoms with Gasteiger partial charge in [0.05, 0.1) is 17.9 Å². The van der Waals surface area contributed by atoms with E-state index in [0.29, 0.717) is 12.8 Å². The first-order valence-electron chi connectivity index (χ1n) is 8.90. The highest BCUT2D eigenvalue weighted by molar-refractivity contribution is 5.82. The van der Waals surface area contributed by atoms with Gasteiger partial charge in [-0.15, -0.1) is 0 Å². The van der Waals surface area contributed by atoms with E-state index < -0.39 is 17.4 Å². The molecule has 2 rings (SSSR count). The zero-order valence-electron chi connectivity index (χ0n) is 15.5. The van der Waals surface area contributed by atoms with Crippen LogP contribution in [0.15, 0.2) is 30.5 Å². The van der Waals surface area contributed by atoms with E-state index in [2.05, 4.69) is 5.32 Å². The van der Waals surface area contributed by atoms with Gasteiger partial charge in [0, 0.05) is 19.7 Å². The van der Waals surface area contributed by atoms with E-state index in [0.717, 1.165) is 11.1 Å². The quantitative estimate of drug-likeness (QED) is 0.784. The minimum atomic E-state index is -0.958. The molecule has 1 aromatic carbocycles. The van der Waals surface area contributed by atoms with Crippen molar-refractivity contribution in [2.45, 2.75) is 46.1 Å². The largest absolute Gasteiger partial charge is 0.481 e. The number of carboxylic acids is 1. The van der Waals surface area contributed by atoms with Gasteiger partial charge >= 0.3 is 5.97 Å². The van der Waals surface area contributed by atoms with Gasteiger partial charge in [0.25, 0.3) is 0 Å². The van der Waals surface area contributed by atoms with E-state index in [1.165, 1.54) is 6.92 Å². The highest BCUT2D eigenvalue weighted by Crippen LogP contribution is 2.33. The van der Waals surface area contributed by atoms with E-state index in [1.54, 1.807) is 11.1 Å². The Hall–Kier alpha value is -2.63. The van der Waals surface area contributed by atoms with E-state index >= 15 is 0 Å². The topological polar surface area (TPSA) is 86.7 Å². The lowest BCUT2D eigenvalue weighted by molar-refractivity contribution is -0.149. The van der Waals surface area contributed by atoms with Gasteiger partial charge in [-0.2, -0.15) is 0 Å². The molecule has 0 saturated heterocycles. The van der Waals surface area contributed by atoms with Crippen LogP contribution in [0.2, 0.25) is 0 Å². The second kappa shape index (κ2) is 8.17. The van der Waals surface area contributed by atoms with Crippen LogP contribution in [-0.2, 0) is 14.4 Å².